The van der Waals surface area contributed by atoms with Crippen LogP contribution in [0.3, 0.4) is 0 Å². The van der Waals surface area contributed by atoms with E-state index < -0.39 is 11.7 Å². The van der Waals surface area contributed by atoms with E-state index in [1.54, 1.807) is 12.1 Å². The highest BCUT2D eigenvalue weighted by atomic mass is 19.4. The molecule has 2 rings (SSSR count). The molecule has 1 saturated heterocycles. The van der Waals surface area contributed by atoms with Crippen molar-refractivity contribution < 1.29 is 13.2 Å². The Balaban J connectivity index is 2.24. The van der Waals surface area contributed by atoms with Crippen molar-refractivity contribution in [2.45, 2.75) is 25.9 Å². The second kappa shape index (κ2) is 4.02. The van der Waals surface area contributed by atoms with Gasteiger partial charge < -0.3 is 5.32 Å². The van der Waals surface area contributed by atoms with E-state index in [1.165, 1.54) is 12.1 Å². The lowest BCUT2D eigenvalue weighted by Gasteiger charge is -2.26. The summed E-state index contributed by atoms with van der Waals surface area (Å²) in [6.45, 7) is 6.00. The van der Waals surface area contributed by atoms with Crippen LogP contribution in [-0.4, -0.2) is 13.1 Å². The van der Waals surface area contributed by atoms with Crippen molar-refractivity contribution in [1.29, 1.82) is 0 Å². The van der Waals surface area contributed by atoms with Gasteiger partial charge >= 0.3 is 6.18 Å². The maximum Gasteiger partial charge on any atom is 0.416 e. The fourth-order valence-electron chi connectivity index (χ4n) is 2.41. The molecule has 1 nitrogen and oxygen atoms in total. The molecule has 0 bridgehead atoms. The number of nitrogens with one attached hydrogen (secondary N) is 1. The molecular formula is C13H16F3N. The third-order valence-electron chi connectivity index (χ3n) is 3.51. The summed E-state index contributed by atoms with van der Waals surface area (Å²) in [7, 11) is 0. The van der Waals surface area contributed by atoms with Gasteiger partial charge in [-0.3, -0.25) is 0 Å². The minimum absolute atomic E-state index is 0.0970. The summed E-state index contributed by atoms with van der Waals surface area (Å²) in [6, 6.07) is 5.54. The smallest absolute Gasteiger partial charge is 0.316 e. The van der Waals surface area contributed by atoms with E-state index in [4.69, 9.17) is 0 Å². The summed E-state index contributed by atoms with van der Waals surface area (Å²) in [5.41, 5.74) is 0.498. The zero-order chi connectivity index (χ0) is 12.7. The highest BCUT2D eigenvalue weighted by molar-refractivity contribution is 5.29. The van der Waals surface area contributed by atoms with Gasteiger partial charge in [0.15, 0.2) is 0 Å². The van der Waals surface area contributed by atoms with Crippen LogP contribution in [0.1, 0.15) is 30.9 Å². The number of rotatable bonds is 1. The minimum Gasteiger partial charge on any atom is -0.316 e. The van der Waals surface area contributed by atoms with Crippen LogP contribution in [0.4, 0.5) is 13.2 Å². The topological polar surface area (TPSA) is 12.0 Å². The van der Waals surface area contributed by atoms with E-state index >= 15 is 0 Å². The fourth-order valence-corrected chi connectivity index (χ4v) is 2.41. The van der Waals surface area contributed by atoms with Crippen molar-refractivity contribution in [2.24, 2.45) is 5.41 Å². The van der Waals surface area contributed by atoms with Crippen molar-refractivity contribution >= 4 is 0 Å². The molecule has 0 radical (unpaired) electrons. The zero-order valence-electron chi connectivity index (χ0n) is 9.93. The van der Waals surface area contributed by atoms with E-state index in [1.807, 2.05) is 0 Å². The summed E-state index contributed by atoms with van der Waals surface area (Å²) >= 11 is 0. The zero-order valence-corrected chi connectivity index (χ0v) is 9.93. The predicted octanol–water partition coefficient (Wildman–Crippen LogP) is 3.42. The van der Waals surface area contributed by atoms with Crippen molar-refractivity contribution in [2.75, 3.05) is 13.1 Å². The van der Waals surface area contributed by atoms with E-state index in [0.29, 0.717) is 0 Å². The Morgan fingerprint density at radius 2 is 1.76 bits per heavy atom. The molecule has 17 heavy (non-hydrogen) atoms. The molecule has 1 atom stereocenters. The van der Waals surface area contributed by atoms with Crippen molar-refractivity contribution in [1.82, 2.24) is 5.32 Å². The molecule has 0 spiro atoms. The first-order chi connectivity index (χ1) is 7.81. The highest BCUT2D eigenvalue weighted by Crippen LogP contribution is 2.39. The predicted molar refractivity (Wildman–Crippen MR) is 60.8 cm³/mol. The maximum atomic E-state index is 12.4. The van der Waals surface area contributed by atoms with Gasteiger partial charge in [0.1, 0.15) is 0 Å². The Hall–Kier alpha value is -1.03. The molecule has 1 aliphatic rings. The van der Waals surface area contributed by atoms with Crippen LogP contribution in [0.25, 0.3) is 0 Å². The fraction of sp³-hybridized carbons (Fsp3) is 0.538. The number of benzene rings is 1. The minimum atomic E-state index is -4.25. The molecule has 94 valence electrons. The average molecular weight is 243 g/mol. The maximum absolute atomic E-state index is 12.4. The van der Waals surface area contributed by atoms with Gasteiger partial charge in [-0.15, -0.1) is 0 Å². The molecule has 0 aromatic heterocycles. The van der Waals surface area contributed by atoms with Gasteiger partial charge in [0.05, 0.1) is 5.56 Å². The van der Waals surface area contributed by atoms with Gasteiger partial charge in [-0.05, 0) is 23.1 Å². The van der Waals surface area contributed by atoms with E-state index in [9.17, 15) is 13.2 Å². The van der Waals surface area contributed by atoms with Gasteiger partial charge in [0, 0.05) is 19.0 Å². The molecule has 1 heterocycles. The monoisotopic (exact) mass is 243 g/mol. The van der Waals surface area contributed by atoms with Crippen LogP contribution in [0.5, 0.6) is 0 Å². The summed E-state index contributed by atoms with van der Waals surface area (Å²) < 4.78 is 37.3. The second-order valence-corrected chi connectivity index (χ2v) is 5.29. The molecule has 0 amide bonds. The third kappa shape index (κ3) is 2.46. The van der Waals surface area contributed by atoms with Crippen molar-refractivity contribution in [3.05, 3.63) is 35.4 Å². The quantitative estimate of drug-likeness (QED) is 0.797. The lowest BCUT2D eigenvalue weighted by atomic mass is 9.78. The standard InChI is InChI=1S/C13H16F3N/c1-12(2)8-17-7-11(12)9-3-5-10(6-4-9)13(14,15)16/h3-6,11,17H,7-8H2,1-2H3/t11-/m1/s1. The lowest BCUT2D eigenvalue weighted by molar-refractivity contribution is -0.137. The number of halogens is 3. The highest BCUT2D eigenvalue weighted by Gasteiger charge is 2.36. The number of hydrogen-bond acceptors (Lipinski definition) is 1. The first kappa shape index (κ1) is 12.4. The summed E-state index contributed by atoms with van der Waals surface area (Å²) in [6.07, 6.45) is -4.25. The van der Waals surface area contributed by atoms with E-state index in [-0.39, 0.29) is 11.3 Å². The molecule has 1 aliphatic heterocycles. The van der Waals surface area contributed by atoms with Crippen LogP contribution in [0, 0.1) is 5.41 Å². The Labute approximate surface area is 99.0 Å². The average Bonchev–Trinajstić information content (AvgIpc) is 2.57. The molecule has 1 fully saturated rings. The van der Waals surface area contributed by atoms with Gasteiger partial charge in [-0.1, -0.05) is 26.0 Å². The van der Waals surface area contributed by atoms with Crippen LogP contribution in [0.2, 0.25) is 0 Å². The Morgan fingerprint density at radius 3 is 2.18 bits per heavy atom. The van der Waals surface area contributed by atoms with Crippen LogP contribution >= 0.6 is 0 Å². The van der Waals surface area contributed by atoms with Crippen molar-refractivity contribution in [3.8, 4) is 0 Å². The second-order valence-electron chi connectivity index (χ2n) is 5.29. The Morgan fingerprint density at radius 1 is 1.18 bits per heavy atom. The molecule has 1 aromatic rings. The normalized spacial score (nSPS) is 23.9. The van der Waals surface area contributed by atoms with Crippen molar-refractivity contribution in [3.63, 3.8) is 0 Å². The Bertz CT molecular complexity index is 392. The molecule has 1 aromatic carbocycles. The summed E-state index contributed by atoms with van der Waals surface area (Å²) in [5, 5.41) is 3.28. The van der Waals surface area contributed by atoms with Gasteiger partial charge in [-0.25, -0.2) is 0 Å². The third-order valence-corrected chi connectivity index (χ3v) is 3.51. The molecule has 0 unspecified atom stereocenters. The van der Waals surface area contributed by atoms with Gasteiger partial charge in [0.25, 0.3) is 0 Å². The summed E-state index contributed by atoms with van der Waals surface area (Å²) in [5.74, 6) is 0.282. The van der Waals surface area contributed by atoms with Crippen LogP contribution in [0.15, 0.2) is 24.3 Å². The lowest BCUT2D eigenvalue weighted by Crippen LogP contribution is -2.20. The number of hydrogen-bond donors (Lipinski definition) is 1. The first-order valence-electron chi connectivity index (χ1n) is 5.68. The van der Waals surface area contributed by atoms with Crippen LogP contribution in [-0.2, 0) is 6.18 Å². The number of alkyl halides is 3. The molecule has 0 aliphatic carbocycles. The van der Waals surface area contributed by atoms with Gasteiger partial charge in [0.2, 0.25) is 0 Å². The Kier molecular flexibility index (Phi) is 2.94. The molecule has 4 heteroatoms. The SMILES string of the molecule is CC1(C)CNC[C@@H]1c1ccc(C(F)(F)F)cc1. The van der Waals surface area contributed by atoms with E-state index in [0.717, 1.165) is 18.7 Å². The van der Waals surface area contributed by atoms with Gasteiger partial charge in [-0.2, -0.15) is 13.2 Å². The molecular weight excluding hydrogens is 227 g/mol. The first-order valence-corrected chi connectivity index (χ1v) is 5.68. The summed E-state index contributed by atoms with van der Waals surface area (Å²) in [4.78, 5) is 0. The molecule has 0 saturated carbocycles. The van der Waals surface area contributed by atoms with E-state index in [2.05, 4.69) is 19.2 Å². The van der Waals surface area contributed by atoms with Crippen LogP contribution < -0.4 is 5.32 Å². The largest absolute Gasteiger partial charge is 0.416 e. The molecule has 1 N–H and O–H groups in total.